The summed E-state index contributed by atoms with van der Waals surface area (Å²) < 4.78 is 31.2. The first-order valence-electron chi connectivity index (χ1n) is 21.0. The third-order valence-corrected chi connectivity index (χ3v) is 17.8. The largest absolute Gasteiger partial charge is 0.459 e. The van der Waals surface area contributed by atoms with Crippen molar-refractivity contribution in [2.24, 2.45) is 52.3 Å². The number of carbonyl (C=O) groups excluding carboxylic acids is 1. The van der Waals surface area contributed by atoms with E-state index in [0.29, 0.717) is 37.4 Å². The van der Waals surface area contributed by atoms with Crippen molar-refractivity contribution in [3.05, 3.63) is 0 Å². The molecule has 11 atom stereocenters. The summed E-state index contributed by atoms with van der Waals surface area (Å²) >= 11 is 0. The Hall–Kier alpha value is -0.296. The summed E-state index contributed by atoms with van der Waals surface area (Å²) in [6.45, 7) is 30.1. The van der Waals surface area contributed by atoms with Crippen LogP contribution in [0.1, 0.15) is 106 Å². The van der Waals surface area contributed by atoms with Gasteiger partial charge in [0, 0.05) is 41.7 Å². The second kappa shape index (κ2) is 17.7. The van der Waals surface area contributed by atoms with Gasteiger partial charge in [-0.05, 0) is 104 Å². The maximum Gasteiger partial charge on any atom is 0.303 e. The number of ether oxygens (including phenoxy) is 5. The number of fused-ring (bicyclic) bond motifs is 5. The summed E-state index contributed by atoms with van der Waals surface area (Å²) in [7, 11) is -2.41. The van der Waals surface area contributed by atoms with Crippen LogP contribution in [0.15, 0.2) is 0 Å². The molecule has 7 nitrogen and oxygen atoms in total. The summed E-state index contributed by atoms with van der Waals surface area (Å²) in [4.78, 5) is 12.8. The summed E-state index contributed by atoms with van der Waals surface area (Å²) in [6.07, 6.45) is 10.0. The molecule has 0 amide bonds. The lowest BCUT2D eigenvalue weighted by Gasteiger charge is -2.67. The predicted octanol–water partition coefficient (Wildman–Crippen LogP) is 10.0. The monoisotopic (exact) mass is 753 g/mol. The number of aliphatic hydroxyl groups is 1. The van der Waals surface area contributed by atoms with Crippen LogP contribution in [-0.4, -0.2) is 78.4 Å². The Kier molecular flexibility index (Phi) is 15.0. The van der Waals surface area contributed by atoms with Crippen LogP contribution < -0.4 is 0 Å². The van der Waals surface area contributed by atoms with E-state index in [1.165, 1.54) is 45.4 Å². The van der Waals surface area contributed by atoms with Gasteiger partial charge >= 0.3 is 5.97 Å². The molecule has 0 spiro atoms. The molecular formula is C42H80O7Si2. The van der Waals surface area contributed by atoms with Crippen LogP contribution in [0.25, 0.3) is 0 Å². The van der Waals surface area contributed by atoms with Crippen LogP contribution in [0.2, 0.25) is 51.4 Å². The molecule has 4 rings (SSSR count). The zero-order chi connectivity index (χ0) is 37.8. The maximum atomic E-state index is 13.2. The first kappa shape index (κ1) is 43.4. The molecule has 0 heterocycles. The van der Waals surface area contributed by atoms with E-state index in [1.54, 1.807) is 0 Å². The standard InChI is InChI=1S/C42H80O7Si2/c1-30(2)14-13-15-31(3)35-16-17-36-34-25-39(49-32(4)43)42(44)26-33(27-47-28-45-20-22-50(7,8)9)24-38(48-29-46-21-23-51(10,11)12)41(42,6)37(34)18-19-40(35,36)5/h30-31,33-39,44H,13-29H2,1-12H3/t31-,33+,34+,35-,36+,37+,38-,39-,40-,41+,42+/m1/s1. The number of carbonyl (C=O) groups is 1. The summed E-state index contributed by atoms with van der Waals surface area (Å²) in [6, 6.07) is 2.20. The zero-order valence-electron chi connectivity index (χ0n) is 35.1. The summed E-state index contributed by atoms with van der Waals surface area (Å²) in [5, 5.41) is 13.2. The van der Waals surface area contributed by atoms with Crippen molar-refractivity contribution >= 4 is 22.1 Å². The number of hydrogen-bond acceptors (Lipinski definition) is 7. The fourth-order valence-electron chi connectivity index (χ4n) is 11.4. The van der Waals surface area contributed by atoms with Crippen molar-refractivity contribution in [2.75, 3.05) is 33.4 Å². The lowest BCUT2D eigenvalue weighted by Crippen LogP contribution is -2.73. The zero-order valence-corrected chi connectivity index (χ0v) is 37.1. The van der Waals surface area contributed by atoms with Crippen LogP contribution in [0, 0.1) is 52.3 Å². The molecule has 51 heavy (non-hydrogen) atoms. The molecule has 0 aliphatic heterocycles. The second-order valence-electron chi connectivity index (χ2n) is 21.0. The Morgan fingerprint density at radius 3 is 2.08 bits per heavy atom. The Labute approximate surface area is 315 Å². The molecule has 0 aromatic heterocycles. The number of hydrogen-bond donors (Lipinski definition) is 1. The molecule has 4 aliphatic rings. The molecule has 1 N–H and O–H groups in total. The van der Waals surface area contributed by atoms with Crippen molar-refractivity contribution < 1.29 is 33.6 Å². The fraction of sp³-hybridized carbons (Fsp3) is 0.976. The first-order chi connectivity index (χ1) is 23.7. The minimum atomic E-state index is -1.24. The predicted molar refractivity (Wildman–Crippen MR) is 213 cm³/mol. The van der Waals surface area contributed by atoms with Gasteiger partial charge in [-0.1, -0.05) is 93.2 Å². The molecule has 0 aromatic rings. The normalized spacial score (nSPS) is 37.5. The van der Waals surface area contributed by atoms with Crippen molar-refractivity contribution in [3.63, 3.8) is 0 Å². The Balaban J connectivity index is 1.58. The van der Waals surface area contributed by atoms with E-state index < -0.39 is 33.3 Å². The number of esters is 1. The quantitative estimate of drug-likeness (QED) is 0.0609. The van der Waals surface area contributed by atoms with Gasteiger partial charge in [-0.3, -0.25) is 4.79 Å². The molecule has 0 aromatic carbocycles. The average molecular weight is 753 g/mol. The lowest BCUT2D eigenvalue weighted by atomic mass is 9.41. The Morgan fingerprint density at radius 1 is 0.824 bits per heavy atom. The summed E-state index contributed by atoms with van der Waals surface area (Å²) in [5.41, 5.74) is -1.52. The second-order valence-corrected chi connectivity index (χ2v) is 32.2. The van der Waals surface area contributed by atoms with E-state index in [2.05, 4.69) is 73.9 Å². The minimum absolute atomic E-state index is 0.0571. The highest BCUT2D eigenvalue weighted by Gasteiger charge is 2.71. The maximum absolute atomic E-state index is 13.2. The molecule has 0 bridgehead atoms. The van der Waals surface area contributed by atoms with E-state index in [4.69, 9.17) is 23.7 Å². The summed E-state index contributed by atoms with van der Waals surface area (Å²) in [5.74, 6) is 3.20. The molecule has 0 unspecified atom stereocenters. The van der Waals surface area contributed by atoms with Crippen LogP contribution in [-0.2, 0) is 28.5 Å². The van der Waals surface area contributed by atoms with Gasteiger partial charge in [0.2, 0.25) is 0 Å². The lowest BCUT2D eigenvalue weighted by molar-refractivity contribution is -0.309. The van der Waals surface area contributed by atoms with E-state index in [9.17, 15) is 9.90 Å². The minimum Gasteiger partial charge on any atom is -0.459 e. The van der Waals surface area contributed by atoms with E-state index in [-0.39, 0.29) is 37.0 Å². The Bertz CT molecular complexity index is 1110. The molecule has 4 aliphatic carbocycles. The molecular weight excluding hydrogens is 673 g/mol. The van der Waals surface area contributed by atoms with Crippen LogP contribution in [0.3, 0.4) is 0 Å². The number of rotatable bonds is 19. The highest BCUT2D eigenvalue weighted by atomic mass is 28.3. The van der Waals surface area contributed by atoms with Crippen LogP contribution >= 0.6 is 0 Å². The van der Waals surface area contributed by atoms with Gasteiger partial charge in [0.25, 0.3) is 0 Å². The van der Waals surface area contributed by atoms with Gasteiger partial charge in [-0.25, -0.2) is 0 Å². The van der Waals surface area contributed by atoms with Crippen molar-refractivity contribution in [2.45, 2.75) is 175 Å². The third-order valence-electron chi connectivity index (χ3n) is 14.4. The molecule has 4 saturated carbocycles. The van der Waals surface area contributed by atoms with Gasteiger partial charge in [-0.15, -0.1) is 0 Å². The highest BCUT2D eigenvalue weighted by Crippen LogP contribution is 2.70. The van der Waals surface area contributed by atoms with E-state index >= 15 is 0 Å². The molecule has 0 saturated heterocycles. The van der Waals surface area contributed by atoms with Gasteiger partial charge < -0.3 is 28.8 Å². The van der Waals surface area contributed by atoms with E-state index in [1.807, 2.05) is 0 Å². The molecule has 0 radical (unpaired) electrons. The first-order valence-corrected chi connectivity index (χ1v) is 28.4. The molecule has 9 heteroatoms. The van der Waals surface area contributed by atoms with Crippen molar-refractivity contribution in [3.8, 4) is 0 Å². The van der Waals surface area contributed by atoms with Crippen molar-refractivity contribution in [1.29, 1.82) is 0 Å². The smallest absolute Gasteiger partial charge is 0.303 e. The fourth-order valence-corrected chi connectivity index (χ4v) is 12.9. The third kappa shape index (κ3) is 10.5. The highest BCUT2D eigenvalue weighted by molar-refractivity contribution is 6.76. The van der Waals surface area contributed by atoms with Gasteiger partial charge in [0.15, 0.2) is 0 Å². The van der Waals surface area contributed by atoms with Crippen LogP contribution in [0.5, 0.6) is 0 Å². The van der Waals surface area contributed by atoms with Crippen LogP contribution in [0.4, 0.5) is 0 Å². The molecule has 298 valence electrons. The topological polar surface area (TPSA) is 83.5 Å². The van der Waals surface area contributed by atoms with Gasteiger partial charge in [-0.2, -0.15) is 0 Å². The molecule has 4 fully saturated rings. The SMILES string of the molecule is CC(=O)O[C@@H]1C[C@H]2[C@@H]3CC[C@H]([C@H](C)CCCC(C)C)[C@@]3(C)CC[C@@H]2[C@@]2(C)[C@H](OCOCC[Si](C)(C)C)C[C@H](COCOCC[Si](C)(C)C)C[C@]12O. The Morgan fingerprint density at radius 2 is 1.47 bits per heavy atom. The average Bonchev–Trinajstić information content (AvgIpc) is 3.36. The van der Waals surface area contributed by atoms with Gasteiger partial charge in [0.05, 0.1) is 12.7 Å². The van der Waals surface area contributed by atoms with Gasteiger partial charge in [0.1, 0.15) is 25.3 Å². The van der Waals surface area contributed by atoms with Crippen molar-refractivity contribution in [1.82, 2.24) is 0 Å². The van der Waals surface area contributed by atoms with E-state index in [0.717, 1.165) is 55.7 Å².